The van der Waals surface area contributed by atoms with Crippen molar-refractivity contribution < 1.29 is 0 Å². The second-order valence-corrected chi connectivity index (χ2v) is 10.7. The minimum absolute atomic E-state index is 0.0555. The lowest BCUT2D eigenvalue weighted by Crippen LogP contribution is -2.63. The maximum atomic E-state index is 7.75. The molecular formula is C29H62N2. The summed E-state index contributed by atoms with van der Waals surface area (Å²) in [6.07, 6.45) is 24.2. The van der Waals surface area contributed by atoms with Gasteiger partial charge in [0.05, 0.1) is 0 Å². The van der Waals surface area contributed by atoms with Gasteiger partial charge in [0.2, 0.25) is 0 Å². The molecule has 31 heavy (non-hydrogen) atoms. The van der Waals surface area contributed by atoms with E-state index in [1.165, 1.54) is 116 Å². The average Bonchev–Trinajstić information content (AvgIpc) is 2.78. The van der Waals surface area contributed by atoms with Gasteiger partial charge in [0, 0.05) is 5.54 Å². The Labute approximate surface area is 198 Å². The molecule has 0 saturated carbocycles. The molecule has 0 amide bonds. The second kappa shape index (κ2) is 17.4. The van der Waals surface area contributed by atoms with Crippen molar-refractivity contribution in [2.75, 3.05) is 6.54 Å². The molecule has 188 valence electrons. The van der Waals surface area contributed by atoms with Crippen LogP contribution in [0.15, 0.2) is 0 Å². The fourth-order valence-corrected chi connectivity index (χ4v) is 6.63. The molecule has 0 aromatic carbocycles. The standard InChI is InChI=1S/C29H62N2/c1-7-13-19-27(25-26-30,20-14-8-2)28(21-15-9-3,22-16-10-4)29(31,23-17-11-5)24-18-12-6/h7-26,30-31H2,1-6H3. The number of rotatable bonds is 22. The molecule has 4 N–H and O–H groups in total. The normalized spacial score (nSPS) is 13.2. The lowest BCUT2D eigenvalue weighted by molar-refractivity contribution is -0.0872. The predicted octanol–water partition coefficient (Wildman–Crippen LogP) is 9.15. The molecule has 0 aliphatic heterocycles. The first-order chi connectivity index (χ1) is 14.9. The molecule has 0 aliphatic rings. The van der Waals surface area contributed by atoms with E-state index in [0.29, 0.717) is 5.41 Å². The highest BCUT2D eigenvalue weighted by molar-refractivity contribution is 5.11. The van der Waals surface area contributed by atoms with Crippen molar-refractivity contribution in [3.05, 3.63) is 0 Å². The quantitative estimate of drug-likeness (QED) is 0.177. The van der Waals surface area contributed by atoms with E-state index in [0.717, 1.165) is 13.0 Å². The Balaban J connectivity index is 6.82. The van der Waals surface area contributed by atoms with Crippen LogP contribution in [0.3, 0.4) is 0 Å². The summed E-state index contributed by atoms with van der Waals surface area (Å²) in [6, 6.07) is 0. The Hall–Kier alpha value is -0.0800. The molecule has 0 heterocycles. The largest absolute Gasteiger partial charge is 0.330 e. The first-order valence-corrected chi connectivity index (χ1v) is 14.4. The van der Waals surface area contributed by atoms with Crippen LogP contribution in [0.2, 0.25) is 0 Å². The SMILES string of the molecule is CCCCC(N)(CCCC)C(CCCC)(CCCC)C(CCN)(CCCC)CCCC. The zero-order valence-corrected chi connectivity index (χ0v) is 22.8. The van der Waals surface area contributed by atoms with Gasteiger partial charge in [-0.1, -0.05) is 119 Å². The van der Waals surface area contributed by atoms with E-state index in [2.05, 4.69) is 41.5 Å². The van der Waals surface area contributed by atoms with Crippen molar-refractivity contribution in [3.8, 4) is 0 Å². The van der Waals surface area contributed by atoms with Crippen LogP contribution in [-0.2, 0) is 0 Å². The maximum absolute atomic E-state index is 7.75. The summed E-state index contributed by atoms with van der Waals surface area (Å²) in [5.74, 6) is 0. The molecule has 2 nitrogen and oxygen atoms in total. The van der Waals surface area contributed by atoms with Crippen LogP contribution in [0.1, 0.15) is 164 Å². The van der Waals surface area contributed by atoms with Gasteiger partial charge in [-0.25, -0.2) is 0 Å². The topological polar surface area (TPSA) is 52.0 Å². The second-order valence-electron chi connectivity index (χ2n) is 10.7. The van der Waals surface area contributed by atoms with Crippen molar-refractivity contribution in [1.82, 2.24) is 0 Å². The Morgan fingerprint density at radius 2 is 0.774 bits per heavy atom. The minimum atomic E-state index is -0.0555. The van der Waals surface area contributed by atoms with Crippen LogP contribution in [0.25, 0.3) is 0 Å². The van der Waals surface area contributed by atoms with E-state index >= 15 is 0 Å². The van der Waals surface area contributed by atoms with Gasteiger partial charge in [0.15, 0.2) is 0 Å². The zero-order valence-electron chi connectivity index (χ0n) is 22.8. The fourth-order valence-electron chi connectivity index (χ4n) is 6.63. The molecule has 0 spiro atoms. The lowest BCUT2D eigenvalue weighted by atomic mass is 9.45. The summed E-state index contributed by atoms with van der Waals surface area (Å²) >= 11 is 0. The van der Waals surface area contributed by atoms with Crippen molar-refractivity contribution in [3.63, 3.8) is 0 Å². The summed E-state index contributed by atoms with van der Waals surface area (Å²) < 4.78 is 0. The zero-order chi connectivity index (χ0) is 23.6. The van der Waals surface area contributed by atoms with Gasteiger partial charge in [-0.3, -0.25) is 0 Å². The number of hydrogen-bond donors (Lipinski definition) is 2. The van der Waals surface area contributed by atoms with Crippen LogP contribution < -0.4 is 11.5 Å². The molecule has 0 fully saturated rings. The van der Waals surface area contributed by atoms with E-state index in [4.69, 9.17) is 11.5 Å². The number of hydrogen-bond acceptors (Lipinski definition) is 2. The van der Waals surface area contributed by atoms with Crippen LogP contribution >= 0.6 is 0 Å². The summed E-state index contributed by atoms with van der Waals surface area (Å²) in [5, 5.41) is 0. The Bertz CT molecular complexity index is 380. The van der Waals surface area contributed by atoms with E-state index in [1.807, 2.05) is 0 Å². The smallest absolute Gasteiger partial charge is 0.0216 e. The monoisotopic (exact) mass is 438 g/mol. The molecule has 0 aliphatic carbocycles. The molecule has 0 aromatic heterocycles. The summed E-state index contributed by atoms with van der Waals surface area (Å²) in [7, 11) is 0. The molecule has 0 rings (SSSR count). The third kappa shape index (κ3) is 8.65. The highest BCUT2D eigenvalue weighted by atomic mass is 14.8. The Morgan fingerprint density at radius 1 is 0.452 bits per heavy atom. The number of unbranched alkanes of at least 4 members (excludes halogenated alkanes) is 6. The van der Waals surface area contributed by atoms with Crippen molar-refractivity contribution in [2.45, 2.75) is 169 Å². The van der Waals surface area contributed by atoms with Gasteiger partial charge in [-0.05, 0) is 62.3 Å². The lowest BCUT2D eigenvalue weighted by Gasteiger charge is -2.61. The van der Waals surface area contributed by atoms with Gasteiger partial charge < -0.3 is 11.5 Å². The summed E-state index contributed by atoms with van der Waals surface area (Å²) in [4.78, 5) is 0. The molecule has 0 saturated heterocycles. The molecular weight excluding hydrogens is 376 g/mol. The summed E-state index contributed by atoms with van der Waals surface area (Å²) in [6.45, 7) is 14.9. The molecule has 0 atom stereocenters. The van der Waals surface area contributed by atoms with Crippen molar-refractivity contribution >= 4 is 0 Å². The first-order valence-electron chi connectivity index (χ1n) is 14.4. The first kappa shape index (κ1) is 30.9. The highest BCUT2D eigenvalue weighted by Gasteiger charge is 2.58. The van der Waals surface area contributed by atoms with E-state index in [9.17, 15) is 0 Å². The van der Waals surface area contributed by atoms with E-state index in [1.54, 1.807) is 0 Å². The van der Waals surface area contributed by atoms with Crippen LogP contribution in [0.4, 0.5) is 0 Å². The minimum Gasteiger partial charge on any atom is -0.330 e. The molecule has 2 heteroatoms. The van der Waals surface area contributed by atoms with Gasteiger partial charge >= 0.3 is 0 Å². The van der Waals surface area contributed by atoms with Gasteiger partial charge in [-0.2, -0.15) is 0 Å². The van der Waals surface area contributed by atoms with E-state index < -0.39 is 0 Å². The van der Waals surface area contributed by atoms with Crippen molar-refractivity contribution in [2.24, 2.45) is 22.3 Å². The maximum Gasteiger partial charge on any atom is 0.0216 e. The van der Waals surface area contributed by atoms with Gasteiger partial charge in [0.1, 0.15) is 0 Å². The molecule has 0 radical (unpaired) electrons. The predicted molar refractivity (Wildman–Crippen MR) is 143 cm³/mol. The summed E-state index contributed by atoms with van der Waals surface area (Å²) in [5.41, 5.74) is 14.6. The van der Waals surface area contributed by atoms with Crippen LogP contribution in [0.5, 0.6) is 0 Å². The fraction of sp³-hybridized carbons (Fsp3) is 1.00. The average molecular weight is 439 g/mol. The van der Waals surface area contributed by atoms with Crippen LogP contribution in [-0.4, -0.2) is 12.1 Å². The molecule has 0 bridgehead atoms. The van der Waals surface area contributed by atoms with Crippen molar-refractivity contribution in [1.29, 1.82) is 0 Å². The highest BCUT2D eigenvalue weighted by Crippen LogP contribution is 2.62. The third-order valence-corrected chi connectivity index (χ3v) is 8.48. The number of nitrogens with two attached hydrogens (primary N) is 2. The van der Waals surface area contributed by atoms with Gasteiger partial charge in [0.25, 0.3) is 0 Å². The molecule has 0 unspecified atom stereocenters. The molecule has 0 aromatic rings. The van der Waals surface area contributed by atoms with Gasteiger partial charge in [-0.15, -0.1) is 0 Å². The Kier molecular flexibility index (Phi) is 17.4. The third-order valence-electron chi connectivity index (χ3n) is 8.48. The van der Waals surface area contributed by atoms with Crippen LogP contribution in [0, 0.1) is 10.8 Å². The Morgan fingerprint density at radius 3 is 1.10 bits per heavy atom. The van der Waals surface area contributed by atoms with E-state index in [-0.39, 0.29) is 11.0 Å².